The lowest BCUT2D eigenvalue weighted by Crippen LogP contribution is -2.22. The Kier molecular flexibility index (Phi) is 5.43. The van der Waals surface area contributed by atoms with Crippen molar-refractivity contribution in [1.82, 2.24) is 19.1 Å². The summed E-state index contributed by atoms with van der Waals surface area (Å²) in [6.07, 6.45) is 1.60. The number of halogens is 2. The van der Waals surface area contributed by atoms with E-state index in [-0.39, 0.29) is 16.9 Å². The van der Waals surface area contributed by atoms with Crippen molar-refractivity contribution in [2.45, 2.75) is 0 Å². The van der Waals surface area contributed by atoms with Gasteiger partial charge in [0.15, 0.2) is 11.2 Å². The third-order valence-electron chi connectivity index (χ3n) is 6.02. The molecular formula is C29H18ClFN4O. The van der Waals surface area contributed by atoms with Gasteiger partial charge in [-0.3, -0.25) is 13.9 Å². The molecule has 6 rings (SSSR count). The number of fused-ring (bicyclic) bond motifs is 1. The molecule has 0 radical (unpaired) electrons. The molecule has 6 aromatic rings. The molecule has 0 aliphatic rings. The fraction of sp³-hybridized carbons (Fsp3) is 0. The van der Waals surface area contributed by atoms with Crippen LogP contribution in [0.1, 0.15) is 0 Å². The average molecular weight is 493 g/mol. The predicted octanol–water partition coefficient (Wildman–Crippen LogP) is 6.70. The van der Waals surface area contributed by atoms with E-state index in [4.69, 9.17) is 16.6 Å². The van der Waals surface area contributed by atoms with Gasteiger partial charge in [-0.25, -0.2) is 14.4 Å². The molecule has 0 fully saturated rings. The van der Waals surface area contributed by atoms with Crippen LogP contribution >= 0.6 is 11.6 Å². The van der Waals surface area contributed by atoms with Gasteiger partial charge >= 0.3 is 0 Å². The molecule has 0 N–H and O–H groups in total. The highest BCUT2D eigenvalue weighted by molar-refractivity contribution is 6.30. The first-order valence-electron chi connectivity index (χ1n) is 11.3. The number of hydrogen-bond acceptors (Lipinski definition) is 3. The highest BCUT2D eigenvalue weighted by Gasteiger charge is 2.19. The summed E-state index contributed by atoms with van der Waals surface area (Å²) in [6, 6.07) is 30.5. The van der Waals surface area contributed by atoms with Crippen molar-refractivity contribution in [2.24, 2.45) is 0 Å². The topological polar surface area (TPSA) is 52.7 Å². The van der Waals surface area contributed by atoms with Crippen LogP contribution in [0.5, 0.6) is 0 Å². The van der Waals surface area contributed by atoms with Gasteiger partial charge in [0.25, 0.3) is 5.56 Å². The first-order chi connectivity index (χ1) is 17.6. The number of hydrogen-bond donors (Lipinski definition) is 0. The van der Waals surface area contributed by atoms with Crippen molar-refractivity contribution in [3.8, 4) is 33.9 Å². The predicted molar refractivity (Wildman–Crippen MR) is 140 cm³/mol. The van der Waals surface area contributed by atoms with E-state index in [1.807, 2.05) is 54.6 Å². The molecule has 0 unspecified atom stereocenters. The summed E-state index contributed by atoms with van der Waals surface area (Å²) in [5, 5.41) is 0.560. The molecule has 0 bridgehead atoms. The third kappa shape index (κ3) is 3.78. The number of aromatic nitrogens is 4. The van der Waals surface area contributed by atoms with Crippen molar-refractivity contribution >= 4 is 22.8 Å². The SMILES string of the molecule is O=c1c2ncn(-c3ccccc3)c2nc(-c2ccc(-c3ccccc3F)cc2)n1-c1ccc(Cl)cc1. The van der Waals surface area contributed by atoms with E-state index in [0.717, 1.165) is 11.3 Å². The standard InChI is InChI=1S/C29H18ClFN4O/c30-21-14-16-23(17-15-21)35-27(20-12-10-19(11-13-20)24-8-4-5-9-25(24)31)33-28-26(29(35)36)32-18-34(28)22-6-2-1-3-7-22/h1-18H. The van der Waals surface area contributed by atoms with Crippen LogP contribution in [0.4, 0.5) is 4.39 Å². The van der Waals surface area contributed by atoms with Gasteiger partial charge in [-0.1, -0.05) is 72.3 Å². The maximum Gasteiger partial charge on any atom is 0.286 e. The van der Waals surface area contributed by atoms with Gasteiger partial charge in [0.1, 0.15) is 18.0 Å². The van der Waals surface area contributed by atoms with E-state index in [1.54, 1.807) is 53.4 Å². The van der Waals surface area contributed by atoms with Gasteiger partial charge in [0, 0.05) is 21.8 Å². The van der Waals surface area contributed by atoms with E-state index in [9.17, 15) is 9.18 Å². The average Bonchev–Trinajstić information content (AvgIpc) is 3.35. The van der Waals surface area contributed by atoms with Gasteiger partial charge in [-0.05, 0) is 48.0 Å². The van der Waals surface area contributed by atoms with Gasteiger partial charge < -0.3 is 0 Å². The number of benzene rings is 4. The molecule has 0 spiro atoms. The minimum Gasteiger partial charge on any atom is -0.283 e. The molecule has 2 heterocycles. The highest BCUT2D eigenvalue weighted by Crippen LogP contribution is 2.28. The Labute approximate surface area is 210 Å². The van der Waals surface area contributed by atoms with E-state index in [0.29, 0.717) is 33.3 Å². The molecule has 0 amide bonds. The van der Waals surface area contributed by atoms with Crippen LogP contribution < -0.4 is 5.56 Å². The molecule has 36 heavy (non-hydrogen) atoms. The minimum absolute atomic E-state index is 0.250. The number of para-hydroxylation sites is 1. The Morgan fingerprint density at radius 3 is 2.11 bits per heavy atom. The van der Waals surface area contributed by atoms with Gasteiger partial charge in [0.05, 0.1) is 5.69 Å². The van der Waals surface area contributed by atoms with Crippen LogP contribution in [-0.2, 0) is 0 Å². The lowest BCUT2D eigenvalue weighted by atomic mass is 10.0. The summed E-state index contributed by atoms with van der Waals surface area (Å²) in [5.41, 5.74) is 3.79. The fourth-order valence-electron chi connectivity index (χ4n) is 4.25. The summed E-state index contributed by atoms with van der Waals surface area (Å²) in [7, 11) is 0. The Bertz CT molecular complexity index is 1760. The zero-order valence-corrected chi connectivity index (χ0v) is 19.6. The van der Waals surface area contributed by atoms with Crippen molar-refractivity contribution in [1.29, 1.82) is 0 Å². The molecular weight excluding hydrogens is 475 g/mol. The van der Waals surface area contributed by atoms with Crippen LogP contribution in [0, 0.1) is 5.82 Å². The molecule has 4 aromatic carbocycles. The van der Waals surface area contributed by atoms with Gasteiger partial charge in [-0.2, -0.15) is 0 Å². The normalized spacial score (nSPS) is 11.2. The number of rotatable bonds is 4. The molecule has 174 valence electrons. The first-order valence-corrected chi connectivity index (χ1v) is 11.6. The van der Waals surface area contributed by atoms with Crippen molar-refractivity contribution in [2.75, 3.05) is 0 Å². The van der Waals surface area contributed by atoms with E-state index in [1.165, 1.54) is 10.6 Å². The highest BCUT2D eigenvalue weighted by atomic mass is 35.5. The zero-order valence-electron chi connectivity index (χ0n) is 18.8. The summed E-state index contributed by atoms with van der Waals surface area (Å²) in [6.45, 7) is 0. The first kappa shape index (κ1) is 21.9. The monoisotopic (exact) mass is 492 g/mol. The lowest BCUT2D eigenvalue weighted by Gasteiger charge is -2.14. The quantitative estimate of drug-likeness (QED) is 0.275. The maximum absolute atomic E-state index is 14.3. The second-order valence-electron chi connectivity index (χ2n) is 8.23. The summed E-state index contributed by atoms with van der Waals surface area (Å²) < 4.78 is 17.7. The largest absolute Gasteiger partial charge is 0.286 e. The fourth-order valence-corrected chi connectivity index (χ4v) is 4.37. The molecule has 0 saturated carbocycles. The number of nitrogens with zero attached hydrogens (tertiary/aromatic N) is 4. The number of imidazole rings is 1. The van der Waals surface area contributed by atoms with E-state index >= 15 is 0 Å². The van der Waals surface area contributed by atoms with Crippen LogP contribution in [0.15, 0.2) is 114 Å². The third-order valence-corrected chi connectivity index (χ3v) is 6.27. The molecule has 0 aliphatic heterocycles. The van der Waals surface area contributed by atoms with Crippen LogP contribution in [0.25, 0.3) is 45.1 Å². The zero-order chi connectivity index (χ0) is 24.6. The lowest BCUT2D eigenvalue weighted by molar-refractivity contribution is 0.631. The molecule has 0 saturated heterocycles. The van der Waals surface area contributed by atoms with Crippen molar-refractivity contribution in [3.63, 3.8) is 0 Å². The Hall–Kier alpha value is -4.55. The van der Waals surface area contributed by atoms with Gasteiger partial charge in [-0.15, -0.1) is 0 Å². The van der Waals surface area contributed by atoms with Crippen molar-refractivity contribution in [3.05, 3.63) is 131 Å². The Balaban J connectivity index is 1.59. The maximum atomic E-state index is 14.3. The molecule has 0 atom stereocenters. The van der Waals surface area contributed by atoms with Gasteiger partial charge in [0.2, 0.25) is 0 Å². The van der Waals surface area contributed by atoms with Crippen molar-refractivity contribution < 1.29 is 4.39 Å². The van der Waals surface area contributed by atoms with Crippen LogP contribution in [0.3, 0.4) is 0 Å². The molecule has 5 nitrogen and oxygen atoms in total. The molecule has 0 aliphatic carbocycles. The molecule has 7 heteroatoms. The smallest absolute Gasteiger partial charge is 0.283 e. The second kappa shape index (κ2) is 8.91. The minimum atomic E-state index is -0.301. The summed E-state index contributed by atoms with van der Waals surface area (Å²) in [4.78, 5) is 23.1. The second-order valence-corrected chi connectivity index (χ2v) is 8.67. The summed E-state index contributed by atoms with van der Waals surface area (Å²) >= 11 is 6.10. The Morgan fingerprint density at radius 1 is 0.722 bits per heavy atom. The Morgan fingerprint density at radius 2 is 1.39 bits per heavy atom. The van der Waals surface area contributed by atoms with Crippen LogP contribution in [-0.4, -0.2) is 19.1 Å². The van der Waals surface area contributed by atoms with E-state index < -0.39 is 0 Å². The molecule has 2 aromatic heterocycles. The summed E-state index contributed by atoms with van der Waals surface area (Å²) in [5.74, 6) is 0.141. The van der Waals surface area contributed by atoms with E-state index in [2.05, 4.69) is 4.98 Å². The van der Waals surface area contributed by atoms with Crippen LogP contribution in [0.2, 0.25) is 5.02 Å².